The lowest BCUT2D eigenvalue weighted by molar-refractivity contribution is 0.0995. The van der Waals surface area contributed by atoms with E-state index >= 15 is 0 Å². The van der Waals surface area contributed by atoms with Crippen molar-refractivity contribution in [1.82, 2.24) is 0 Å². The fraction of sp³-hybridized carbons (Fsp3) is 0.250. The average Bonchev–Trinajstić information content (AvgIpc) is 3.29. The minimum atomic E-state index is -0.353. The molecule has 0 saturated carbocycles. The second-order valence-corrected chi connectivity index (χ2v) is 6.90. The maximum Gasteiger partial charge on any atom is 0.291 e. The van der Waals surface area contributed by atoms with Gasteiger partial charge in [-0.05, 0) is 61.0 Å². The van der Waals surface area contributed by atoms with Crippen molar-refractivity contribution < 1.29 is 18.7 Å². The lowest BCUT2D eigenvalue weighted by Crippen LogP contribution is -2.13. The summed E-state index contributed by atoms with van der Waals surface area (Å²) in [5, 5.41) is 5.57. The fourth-order valence-electron chi connectivity index (χ4n) is 2.90. The van der Waals surface area contributed by atoms with Crippen molar-refractivity contribution in [2.24, 2.45) is 0 Å². The number of amides is 2. The van der Waals surface area contributed by atoms with Gasteiger partial charge in [0.25, 0.3) is 11.8 Å². The number of anilines is 2. The van der Waals surface area contributed by atoms with E-state index in [0.717, 1.165) is 18.6 Å². The lowest BCUT2D eigenvalue weighted by atomic mass is 10.2. The van der Waals surface area contributed by atoms with Crippen LogP contribution < -0.4 is 15.4 Å². The van der Waals surface area contributed by atoms with Crippen LogP contribution in [0.2, 0.25) is 0 Å². The number of nitrogens with one attached hydrogen (secondary N) is 2. The van der Waals surface area contributed by atoms with Crippen LogP contribution in [-0.2, 0) is 0 Å². The summed E-state index contributed by atoms with van der Waals surface area (Å²) in [7, 11) is 0. The van der Waals surface area contributed by atoms with Crippen molar-refractivity contribution >= 4 is 23.2 Å². The molecule has 0 aliphatic heterocycles. The molecule has 0 radical (unpaired) electrons. The van der Waals surface area contributed by atoms with Gasteiger partial charge in [-0.1, -0.05) is 32.3 Å². The molecule has 1 heterocycles. The Bertz CT molecular complexity index is 950. The van der Waals surface area contributed by atoms with Gasteiger partial charge in [-0.15, -0.1) is 0 Å². The number of hydrogen-bond donors (Lipinski definition) is 2. The van der Waals surface area contributed by atoms with Crippen LogP contribution in [0.5, 0.6) is 5.75 Å². The summed E-state index contributed by atoms with van der Waals surface area (Å²) in [4.78, 5) is 24.6. The zero-order valence-electron chi connectivity index (χ0n) is 17.0. The Morgan fingerprint density at radius 2 is 1.60 bits per heavy atom. The molecule has 0 bridgehead atoms. The Kier molecular flexibility index (Phi) is 7.66. The standard InChI is InChI=1S/C24H26N2O4/c1-2-3-4-5-15-29-21-13-11-18(12-14-21)23(27)25-19-8-6-9-20(17-19)26-24(28)22-10-7-16-30-22/h6-14,16-17H,2-5,15H2,1H3,(H,25,27)(H,26,28). The van der Waals surface area contributed by atoms with Crippen molar-refractivity contribution in [3.63, 3.8) is 0 Å². The number of ether oxygens (including phenoxy) is 1. The molecule has 3 aromatic rings. The van der Waals surface area contributed by atoms with Gasteiger partial charge < -0.3 is 19.8 Å². The molecule has 0 aliphatic rings. The maximum atomic E-state index is 12.5. The van der Waals surface area contributed by atoms with E-state index in [9.17, 15) is 9.59 Å². The second kappa shape index (κ2) is 10.9. The SMILES string of the molecule is CCCCCCOc1ccc(C(=O)Nc2cccc(NC(=O)c3ccco3)c2)cc1. The normalized spacial score (nSPS) is 10.4. The zero-order valence-corrected chi connectivity index (χ0v) is 17.0. The van der Waals surface area contributed by atoms with Crippen LogP contribution >= 0.6 is 0 Å². The molecule has 2 aromatic carbocycles. The summed E-state index contributed by atoms with van der Waals surface area (Å²) in [6, 6.07) is 17.2. The summed E-state index contributed by atoms with van der Waals surface area (Å²) in [5.41, 5.74) is 1.66. The molecule has 30 heavy (non-hydrogen) atoms. The Labute approximate surface area is 176 Å². The minimum absolute atomic E-state index is 0.220. The molecule has 6 heteroatoms. The number of unbranched alkanes of at least 4 members (excludes halogenated alkanes) is 3. The number of benzene rings is 2. The van der Waals surface area contributed by atoms with Crippen molar-refractivity contribution in [1.29, 1.82) is 0 Å². The van der Waals surface area contributed by atoms with Crippen LogP contribution in [0.3, 0.4) is 0 Å². The number of rotatable bonds is 10. The summed E-state index contributed by atoms with van der Waals surface area (Å²) in [6.07, 6.45) is 6.05. The number of furan rings is 1. The summed E-state index contributed by atoms with van der Waals surface area (Å²) >= 11 is 0. The van der Waals surface area contributed by atoms with Gasteiger partial charge in [-0.2, -0.15) is 0 Å². The van der Waals surface area contributed by atoms with E-state index in [4.69, 9.17) is 9.15 Å². The third-order valence-corrected chi connectivity index (χ3v) is 4.51. The van der Waals surface area contributed by atoms with E-state index in [1.807, 2.05) is 0 Å². The lowest BCUT2D eigenvalue weighted by Gasteiger charge is -2.09. The van der Waals surface area contributed by atoms with E-state index in [1.165, 1.54) is 19.1 Å². The average molecular weight is 406 g/mol. The molecule has 0 spiro atoms. The largest absolute Gasteiger partial charge is 0.494 e. The van der Waals surface area contributed by atoms with Gasteiger partial charge in [0, 0.05) is 16.9 Å². The Morgan fingerprint density at radius 3 is 2.27 bits per heavy atom. The van der Waals surface area contributed by atoms with Gasteiger partial charge in [0.05, 0.1) is 12.9 Å². The monoisotopic (exact) mass is 406 g/mol. The highest BCUT2D eigenvalue weighted by molar-refractivity contribution is 6.05. The molecule has 156 valence electrons. The van der Waals surface area contributed by atoms with E-state index < -0.39 is 0 Å². The third-order valence-electron chi connectivity index (χ3n) is 4.51. The summed E-state index contributed by atoms with van der Waals surface area (Å²) in [5.74, 6) is 0.385. The van der Waals surface area contributed by atoms with Gasteiger partial charge in [0.2, 0.25) is 0 Å². The van der Waals surface area contributed by atoms with E-state index in [2.05, 4.69) is 17.6 Å². The number of hydrogen-bond acceptors (Lipinski definition) is 4. The van der Waals surface area contributed by atoms with Crippen LogP contribution in [0.15, 0.2) is 71.3 Å². The van der Waals surface area contributed by atoms with E-state index in [1.54, 1.807) is 60.7 Å². The molecule has 2 N–H and O–H groups in total. The summed E-state index contributed by atoms with van der Waals surface area (Å²) < 4.78 is 10.8. The zero-order chi connectivity index (χ0) is 21.2. The number of carbonyl (C=O) groups is 2. The van der Waals surface area contributed by atoms with Crippen molar-refractivity contribution in [2.45, 2.75) is 32.6 Å². The molecule has 0 saturated heterocycles. The van der Waals surface area contributed by atoms with Crippen LogP contribution in [0.25, 0.3) is 0 Å². The molecule has 1 aromatic heterocycles. The molecule has 3 rings (SSSR count). The topological polar surface area (TPSA) is 80.6 Å². The second-order valence-electron chi connectivity index (χ2n) is 6.90. The van der Waals surface area contributed by atoms with E-state index in [0.29, 0.717) is 23.5 Å². The van der Waals surface area contributed by atoms with Gasteiger partial charge in [0.1, 0.15) is 5.75 Å². The first-order valence-corrected chi connectivity index (χ1v) is 10.1. The van der Waals surface area contributed by atoms with Crippen LogP contribution in [0.4, 0.5) is 11.4 Å². The number of carbonyl (C=O) groups excluding carboxylic acids is 2. The van der Waals surface area contributed by atoms with Gasteiger partial charge >= 0.3 is 0 Å². The summed E-state index contributed by atoms with van der Waals surface area (Å²) in [6.45, 7) is 2.86. The van der Waals surface area contributed by atoms with Crippen molar-refractivity contribution in [3.05, 3.63) is 78.3 Å². The first-order valence-electron chi connectivity index (χ1n) is 10.1. The smallest absolute Gasteiger partial charge is 0.291 e. The molecule has 0 atom stereocenters. The predicted molar refractivity (Wildman–Crippen MR) is 117 cm³/mol. The Balaban J connectivity index is 1.53. The van der Waals surface area contributed by atoms with Gasteiger partial charge in [-0.3, -0.25) is 9.59 Å². The molecule has 0 aliphatic carbocycles. The van der Waals surface area contributed by atoms with Crippen molar-refractivity contribution in [2.75, 3.05) is 17.2 Å². The fourth-order valence-corrected chi connectivity index (χ4v) is 2.90. The maximum absolute atomic E-state index is 12.5. The predicted octanol–water partition coefficient (Wildman–Crippen LogP) is 5.74. The minimum Gasteiger partial charge on any atom is -0.494 e. The highest BCUT2D eigenvalue weighted by atomic mass is 16.5. The molecule has 6 nitrogen and oxygen atoms in total. The van der Waals surface area contributed by atoms with Gasteiger partial charge in [-0.25, -0.2) is 0 Å². The Morgan fingerprint density at radius 1 is 0.867 bits per heavy atom. The highest BCUT2D eigenvalue weighted by Crippen LogP contribution is 2.18. The first kappa shape index (κ1) is 21.2. The van der Waals surface area contributed by atoms with Crippen molar-refractivity contribution in [3.8, 4) is 5.75 Å². The molecular weight excluding hydrogens is 380 g/mol. The first-order chi connectivity index (χ1) is 14.7. The highest BCUT2D eigenvalue weighted by Gasteiger charge is 2.10. The molecule has 2 amide bonds. The van der Waals surface area contributed by atoms with Crippen LogP contribution in [0, 0.1) is 0 Å². The molecule has 0 fully saturated rings. The third kappa shape index (κ3) is 6.24. The molecule has 0 unspecified atom stereocenters. The Hall–Kier alpha value is -3.54. The molecular formula is C24H26N2O4. The van der Waals surface area contributed by atoms with Crippen LogP contribution in [-0.4, -0.2) is 18.4 Å². The quantitative estimate of drug-likeness (QED) is 0.421. The van der Waals surface area contributed by atoms with E-state index in [-0.39, 0.29) is 17.6 Å². The van der Waals surface area contributed by atoms with Crippen LogP contribution in [0.1, 0.15) is 53.5 Å². The van der Waals surface area contributed by atoms with Gasteiger partial charge in [0.15, 0.2) is 5.76 Å².